The summed E-state index contributed by atoms with van der Waals surface area (Å²) in [5.74, 6) is 2.06. The van der Waals surface area contributed by atoms with Gasteiger partial charge in [-0.05, 0) is 18.6 Å². The summed E-state index contributed by atoms with van der Waals surface area (Å²) in [4.78, 5) is 10.9. The molecule has 0 saturated heterocycles. The van der Waals surface area contributed by atoms with Gasteiger partial charge in [-0.3, -0.25) is 4.79 Å². The smallest absolute Gasteiger partial charge is 0.304 e. The van der Waals surface area contributed by atoms with E-state index in [1.54, 1.807) is 13.0 Å². The quantitative estimate of drug-likeness (QED) is 0.571. The molecular weight excluding hydrogens is 200 g/mol. The van der Waals surface area contributed by atoms with Gasteiger partial charge in [0.2, 0.25) is 0 Å². The topological polar surface area (TPSA) is 26.3 Å². The van der Waals surface area contributed by atoms with E-state index in [1.807, 2.05) is 36.4 Å². The molecule has 1 unspecified atom stereocenters. The zero-order valence-corrected chi connectivity index (χ0v) is 9.44. The van der Waals surface area contributed by atoms with Crippen LogP contribution in [-0.2, 0) is 9.53 Å². The van der Waals surface area contributed by atoms with Crippen molar-refractivity contribution in [3.63, 3.8) is 0 Å². The lowest BCUT2D eigenvalue weighted by atomic mass is 10.1. The maximum absolute atomic E-state index is 10.9. The van der Waals surface area contributed by atoms with E-state index in [0.29, 0.717) is 0 Å². The highest BCUT2D eigenvalue weighted by atomic mass is 16.6. The predicted molar refractivity (Wildman–Crippen MR) is 64.5 cm³/mol. The van der Waals surface area contributed by atoms with Crippen LogP contribution in [0.25, 0.3) is 6.08 Å². The minimum atomic E-state index is -0.984. The Morgan fingerprint density at radius 2 is 2.06 bits per heavy atom. The standard InChI is InChI=1S/C14H14O2/c1-4-14(3,16-12(2)15)11-10-13-8-6-5-7-9-13/h1,5-11H,2-3H3/b11-10+. The van der Waals surface area contributed by atoms with Crippen LogP contribution in [0.2, 0.25) is 0 Å². The molecule has 1 atom stereocenters. The second-order valence-corrected chi connectivity index (χ2v) is 3.59. The first-order chi connectivity index (χ1) is 7.56. The van der Waals surface area contributed by atoms with E-state index in [0.717, 1.165) is 5.56 Å². The summed E-state index contributed by atoms with van der Waals surface area (Å²) >= 11 is 0. The van der Waals surface area contributed by atoms with Crippen LogP contribution in [0.3, 0.4) is 0 Å². The number of rotatable bonds is 3. The highest BCUT2D eigenvalue weighted by Crippen LogP contribution is 2.14. The fraction of sp³-hybridized carbons (Fsp3) is 0.214. The first-order valence-electron chi connectivity index (χ1n) is 4.97. The van der Waals surface area contributed by atoms with E-state index >= 15 is 0 Å². The highest BCUT2D eigenvalue weighted by molar-refractivity contribution is 5.68. The molecule has 0 amide bonds. The van der Waals surface area contributed by atoms with E-state index in [1.165, 1.54) is 6.92 Å². The van der Waals surface area contributed by atoms with E-state index in [9.17, 15) is 4.79 Å². The second-order valence-electron chi connectivity index (χ2n) is 3.59. The predicted octanol–water partition coefficient (Wildman–Crippen LogP) is 2.65. The van der Waals surface area contributed by atoms with Crippen LogP contribution in [0.1, 0.15) is 19.4 Å². The molecule has 0 fully saturated rings. The van der Waals surface area contributed by atoms with Gasteiger partial charge in [-0.1, -0.05) is 42.3 Å². The van der Waals surface area contributed by atoms with Gasteiger partial charge in [-0.2, -0.15) is 0 Å². The highest BCUT2D eigenvalue weighted by Gasteiger charge is 2.20. The van der Waals surface area contributed by atoms with Crippen LogP contribution in [0, 0.1) is 12.3 Å². The zero-order chi connectivity index (χ0) is 12.0. The minimum Gasteiger partial charge on any atom is -0.443 e. The first kappa shape index (κ1) is 12.1. The van der Waals surface area contributed by atoms with Gasteiger partial charge in [-0.25, -0.2) is 0 Å². The van der Waals surface area contributed by atoms with Crippen molar-refractivity contribution in [3.05, 3.63) is 42.0 Å². The van der Waals surface area contributed by atoms with Crippen molar-refractivity contribution in [2.75, 3.05) is 0 Å². The van der Waals surface area contributed by atoms with Crippen molar-refractivity contribution in [3.8, 4) is 12.3 Å². The van der Waals surface area contributed by atoms with Gasteiger partial charge in [-0.15, -0.1) is 6.42 Å². The molecule has 0 heterocycles. The molecule has 82 valence electrons. The Balaban J connectivity index is 2.82. The third-order valence-electron chi connectivity index (χ3n) is 2.04. The molecule has 0 spiro atoms. The molecular formula is C14H14O2. The molecule has 2 heteroatoms. The van der Waals surface area contributed by atoms with Gasteiger partial charge < -0.3 is 4.74 Å². The van der Waals surface area contributed by atoms with E-state index in [2.05, 4.69) is 5.92 Å². The van der Waals surface area contributed by atoms with Crippen LogP contribution in [0.4, 0.5) is 0 Å². The molecule has 0 N–H and O–H groups in total. The third kappa shape index (κ3) is 3.62. The Morgan fingerprint density at radius 3 is 2.56 bits per heavy atom. The monoisotopic (exact) mass is 214 g/mol. The largest absolute Gasteiger partial charge is 0.443 e. The number of ether oxygens (including phenoxy) is 1. The molecule has 0 aliphatic rings. The number of hydrogen-bond acceptors (Lipinski definition) is 2. The van der Waals surface area contributed by atoms with Crippen LogP contribution < -0.4 is 0 Å². The fourth-order valence-corrected chi connectivity index (χ4v) is 1.23. The number of esters is 1. The van der Waals surface area contributed by atoms with Crippen LogP contribution in [-0.4, -0.2) is 11.6 Å². The summed E-state index contributed by atoms with van der Waals surface area (Å²) in [6.45, 7) is 3.01. The summed E-state index contributed by atoms with van der Waals surface area (Å²) in [5, 5.41) is 0. The number of benzene rings is 1. The van der Waals surface area contributed by atoms with Crippen LogP contribution >= 0.6 is 0 Å². The lowest BCUT2D eigenvalue weighted by Crippen LogP contribution is -2.26. The van der Waals surface area contributed by atoms with E-state index in [-0.39, 0.29) is 0 Å². The number of hydrogen-bond donors (Lipinski definition) is 0. The lowest BCUT2D eigenvalue weighted by Gasteiger charge is -2.18. The lowest BCUT2D eigenvalue weighted by molar-refractivity contribution is -0.147. The number of carbonyl (C=O) groups excluding carboxylic acids is 1. The molecule has 1 aromatic rings. The second kappa shape index (κ2) is 5.18. The Bertz CT molecular complexity index is 426. The summed E-state index contributed by atoms with van der Waals surface area (Å²) in [7, 11) is 0. The third-order valence-corrected chi connectivity index (χ3v) is 2.04. The Hall–Kier alpha value is -2.01. The zero-order valence-electron chi connectivity index (χ0n) is 9.44. The Labute approximate surface area is 95.9 Å². The normalized spacial score (nSPS) is 14.1. The summed E-state index contributed by atoms with van der Waals surface area (Å²) < 4.78 is 5.05. The van der Waals surface area contributed by atoms with Crippen molar-refractivity contribution in [1.29, 1.82) is 0 Å². The molecule has 0 saturated carbocycles. The Morgan fingerprint density at radius 1 is 1.44 bits per heavy atom. The average molecular weight is 214 g/mol. The SMILES string of the molecule is C#CC(C)(/C=C/c1ccccc1)OC(C)=O. The van der Waals surface area contributed by atoms with Crippen molar-refractivity contribution in [2.45, 2.75) is 19.4 Å². The van der Waals surface area contributed by atoms with Crippen molar-refractivity contribution in [1.82, 2.24) is 0 Å². The molecule has 0 radical (unpaired) electrons. The summed E-state index contributed by atoms with van der Waals surface area (Å²) in [6.07, 6.45) is 8.88. The van der Waals surface area contributed by atoms with Gasteiger partial charge in [0.1, 0.15) is 0 Å². The van der Waals surface area contributed by atoms with Crippen LogP contribution in [0.15, 0.2) is 36.4 Å². The van der Waals surface area contributed by atoms with E-state index in [4.69, 9.17) is 11.2 Å². The van der Waals surface area contributed by atoms with Gasteiger partial charge in [0.25, 0.3) is 0 Å². The van der Waals surface area contributed by atoms with Gasteiger partial charge in [0.05, 0.1) is 0 Å². The molecule has 0 aromatic heterocycles. The molecule has 16 heavy (non-hydrogen) atoms. The van der Waals surface area contributed by atoms with Crippen molar-refractivity contribution < 1.29 is 9.53 Å². The molecule has 1 aromatic carbocycles. The van der Waals surface area contributed by atoms with Gasteiger partial charge in [0, 0.05) is 6.92 Å². The van der Waals surface area contributed by atoms with Crippen molar-refractivity contribution in [2.24, 2.45) is 0 Å². The van der Waals surface area contributed by atoms with Gasteiger partial charge in [0.15, 0.2) is 5.60 Å². The summed E-state index contributed by atoms with van der Waals surface area (Å²) in [6, 6.07) is 9.68. The maximum Gasteiger partial charge on any atom is 0.304 e. The van der Waals surface area contributed by atoms with E-state index < -0.39 is 11.6 Å². The minimum absolute atomic E-state index is 0.391. The van der Waals surface area contributed by atoms with Crippen LogP contribution in [0.5, 0.6) is 0 Å². The number of terminal acetylenes is 1. The molecule has 0 aliphatic carbocycles. The average Bonchev–Trinajstić information content (AvgIpc) is 2.27. The first-order valence-corrected chi connectivity index (χ1v) is 4.97. The summed E-state index contributed by atoms with van der Waals surface area (Å²) in [5.41, 5.74) is 0.0259. The van der Waals surface area contributed by atoms with Gasteiger partial charge >= 0.3 is 5.97 Å². The molecule has 0 bridgehead atoms. The maximum atomic E-state index is 10.9. The molecule has 1 rings (SSSR count). The van der Waals surface area contributed by atoms with Crippen molar-refractivity contribution >= 4 is 12.0 Å². The molecule has 0 aliphatic heterocycles. The fourth-order valence-electron chi connectivity index (χ4n) is 1.23. The number of carbonyl (C=O) groups is 1. The Kier molecular flexibility index (Phi) is 3.90. The molecule has 2 nitrogen and oxygen atoms in total.